The molecule has 1 aromatic rings. The van der Waals surface area contributed by atoms with Gasteiger partial charge in [-0.25, -0.2) is 0 Å². The van der Waals surface area contributed by atoms with Crippen LogP contribution in [0.15, 0.2) is 24.3 Å². The van der Waals surface area contributed by atoms with Crippen molar-refractivity contribution in [3.05, 3.63) is 35.4 Å². The normalized spacial score (nSPS) is 19.9. The molecule has 1 unspecified atom stereocenters. The minimum Gasteiger partial charge on any atom is -0.367 e. The van der Waals surface area contributed by atoms with Crippen molar-refractivity contribution in [2.45, 2.75) is 39.1 Å². The number of nitrogens with one attached hydrogen (secondary N) is 1. The molecule has 1 saturated heterocycles. The van der Waals surface area contributed by atoms with Crippen molar-refractivity contribution in [2.75, 3.05) is 19.7 Å². The van der Waals surface area contributed by atoms with Gasteiger partial charge in [-0.2, -0.15) is 30.6 Å². The standard InChI is InChI=1S/C16H23F3N2O3S/c1-13-3-2-8-21(10-13)25(22,23)20-9-14-4-6-15(7-5-14)11-24-12-16(17,18)19/h4-7,13,20H,2-3,8-12H2,1H3. The second-order valence-electron chi connectivity index (χ2n) is 6.36. The second kappa shape index (κ2) is 8.48. The summed E-state index contributed by atoms with van der Waals surface area (Å²) in [6.07, 6.45) is -2.46. The molecule has 1 aliphatic heterocycles. The summed E-state index contributed by atoms with van der Waals surface area (Å²) < 4.78 is 69.3. The van der Waals surface area contributed by atoms with Gasteiger partial charge in [0, 0.05) is 19.6 Å². The Kier molecular flexibility index (Phi) is 6.84. The van der Waals surface area contributed by atoms with E-state index >= 15 is 0 Å². The van der Waals surface area contributed by atoms with Crippen molar-refractivity contribution in [3.8, 4) is 0 Å². The van der Waals surface area contributed by atoms with Crippen LogP contribution in [0.2, 0.25) is 0 Å². The Morgan fingerprint density at radius 2 is 1.88 bits per heavy atom. The first-order valence-electron chi connectivity index (χ1n) is 8.13. The van der Waals surface area contributed by atoms with Gasteiger partial charge in [-0.3, -0.25) is 0 Å². The predicted octanol–water partition coefficient (Wildman–Crippen LogP) is 2.83. The topological polar surface area (TPSA) is 58.6 Å². The Morgan fingerprint density at radius 3 is 2.48 bits per heavy atom. The summed E-state index contributed by atoms with van der Waals surface area (Å²) in [5.41, 5.74) is 1.33. The van der Waals surface area contributed by atoms with Crippen LogP contribution in [-0.2, 0) is 28.1 Å². The maximum absolute atomic E-state index is 12.3. The van der Waals surface area contributed by atoms with Crippen LogP contribution < -0.4 is 4.72 Å². The molecule has 0 spiro atoms. The van der Waals surface area contributed by atoms with Gasteiger partial charge in [0.15, 0.2) is 0 Å². The minimum atomic E-state index is -4.34. The van der Waals surface area contributed by atoms with Crippen LogP contribution in [-0.4, -0.2) is 38.6 Å². The van der Waals surface area contributed by atoms with Crippen LogP contribution in [0, 0.1) is 5.92 Å². The molecule has 1 atom stereocenters. The van der Waals surface area contributed by atoms with E-state index in [9.17, 15) is 21.6 Å². The Morgan fingerprint density at radius 1 is 1.24 bits per heavy atom. The lowest BCUT2D eigenvalue weighted by molar-refractivity contribution is -0.176. The Hall–Kier alpha value is -1.16. The molecule has 0 radical (unpaired) electrons. The summed E-state index contributed by atoms with van der Waals surface area (Å²) in [7, 11) is -3.52. The summed E-state index contributed by atoms with van der Waals surface area (Å²) in [6, 6.07) is 6.60. The van der Waals surface area contributed by atoms with E-state index in [-0.39, 0.29) is 13.2 Å². The molecule has 5 nitrogen and oxygen atoms in total. The zero-order valence-corrected chi connectivity index (χ0v) is 14.9. The zero-order valence-electron chi connectivity index (χ0n) is 14.1. The molecule has 142 valence electrons. The van der Waals surface area contributed by atoms with Crippen LogP contribution in [0.1, 0.15) is 30.9 Å². The zero-order chi connectivity index (χ0) is 18.5. The first-order valence-corrected chi connectivity index (χ1v) is 9.57. The third-order valence-corrected chi connectivity index (χ3v) is 5.50. The Balaban J connectivity index is 1.82. The lowest BCUT2D eigenvalue weighted by Crippen LogP contribution is -2.45. The van der Waals surface area contributed by atoms with E-state index < -0.39 is 23.0 Å². The van der Waals surface area contributed by atoms with Gasteiger partial charge in [-0.05, 0) is 29.9 Å². The highest BCUT2D eigenvalue weighted by molar-refractivity contribution is 7.87. The number of piperidine rings is 1. The lowest BCUT2D eigenvalue weighted by Gasteiger charge is -2.30. The first kappa shape index (κ1) is 20.2. The molecule has 0 aliphatic carbocycles. The largest absolute Gasteiger partial charge is 0.411 e. The highest BCUT2D eigenvalue weighted by atomic mass is 32.2. The van der Waals surface area contributed by atoms with Crippen LogP contribution >= 0.6 is 0 Å². The van der Waals surface area contributed by atoms with E-state index in [0.717, 1.165) is 18.4 Å². The predicted molar refractivity (Wildman–Crippen MR) is 87.9 cm³/mol. The van der Waals surface area contributed by atoms with E-state index in [4.69, 9.17) is 0 Å². The average molecular weight is 380 g/mol. The molecule has 0 saturated carbocycles. The van der Waals surface area contributed by atoms with Crippen molar-refractivity contribution in [2.24, 2.45) is 5.92 Å². The van der Waals surface area contributed by atoms with Gasteiger partial charge in [0.05, 0.1) is 6.61 Å². The molecule has 2 rings (SSSR count). The maximum Gasteiger partial charge on any atom is 0.411 e. The molecule has 1 fully saturated rings. The molecule has 1 N–H and O–H groups in total. The molecule has 9 heteroatoms. The molecular formula is C16H23F3N2O3S. The van der Waals surface area contributed by atoms with E-state index in [1.807, 2.05) is 6.92 Å². The SMILES string of the molecule is CC1CCCN(S(=O)(=O)NCc2ccc(COCC(F)(F)F)cc2)C1. The molecular weight excluding hydrogens is 357 g/mol. The van der Waals surface area contributed by atoms with E-state index in [1.54, 1.807) is 24.3 Å². The Bertz CT molecular complexity index is 648. The van der Waals surface area contributed by atoms with Crippen LogP contribution in [0.5, 0.6) is 0 Å². The summed E-state index contributed by atoms with van der Waals surface area (Å²) in [4.78, 5) is 0. The molecule has 0 amide bonds. The van der Waals surface area contributed by atoms with Crippen LogP contribution in [0.4, 0.5) is 13.2 Å². The van der Waals surface area contributed by atoms with E-state index in [0.29, 0.717) is 24.6 Å². The summed E-state index contributed by atoms with van der Waals surface area (Å²) in [5.74, 6) is 0.348. The third-order valence-electron chi connectivity index (χ3n) is 3.98. The summed E-state index contributed by atoms with van der Waals surface area (Å²) in [6.45, 7) is 1.78. The molecule has 0 bridgehead atoms. The van der Waals surface area contributed by atoms with E-state index in [2.05, 4.69) is 9.46 Å². The average Bonchev–Trinajstić information content (AvgIpc) is 2.53. The number of benzene rings is 1. The molecule has 1 aromatic carbocycles. The third kappa shape index (κ3) is 6.93. The van der Waals surface area contributed by atoms with Crippen LogP contribution in [0.3, 0.4) is 0 Å². The van der Waals surface area contributed by atoms with Crippen molar-refractivity contribution in [3.63, 3.8) is 0 Å². The van der Waals surface area contributed by atoms with Crippen molar-refractivity contribution in [1.29, 1.82) is 0 Å². The number of alkyl halides is 3. The van der Waals surface area contributed by atoms with Gasteiger partial charge in [0.1, 0.15) is 6.61 Å². The number of hydrogen-bond donors (Lipinski definition) is 1. The fourth-order valence-corrected chi connectivity index (χ4v) is 4.02. The quantitative estimate of drug-likeness (QED) is 0.791. The fraction of sp³-hybridized carbons (Fsp3) is 0.625. The number of ether oxygens (including phenoxy) is 1. The first-order chi connectivity index (χ1) is 11.7. The van der Waals surface area contributed by atoms with Gasteiger partial charge < -0.3 is 4.74 Å². The van der Waals surface area contributed by atoms with Crippen molar-refractivity contribution < 1.29 is 26.3 Å². The molecule has 25 heavy (non-hydrogen) atoms. The lowest BCUT2D eigenvalue weighted by atomic mass is 10.0. The highest BCUT2D eigenvalue weighted by Gasteiger charge is 2.27. The smallest absolute Gasteiger partial charge is 0.367 e. The molecule has 0 aromatic heterocycles. The van der Waals surface area contributed by atoms with Crippen molar-refractivity contribution >= 4 is 10.2 Å². The van der Waals surface area contributed by atoms with Crippen LogP contribution in [0.25, 0.3) is 0 Å². The number of hydrogen-bond acceptors (Lipinski definition) is 3. The highest BCUT2D eigenvalue weighted by Crippen LogP contribution is 2.18. The van der Waals surface area contributed by atoms with Gasteiger partial charge in [0.2, 0.25) is 0 Å². The number of halogens is 3. The molecule has 1 heterocycles. The monoisotopic (exact) mass is 380 g/mol. The van der Waals surface area contributed by atoms with Gasteiger partial charge in [-0.1, -0.05) is 31.2 Å². The van der Waals surface area contributed by atoms with E-state index in [1.165, 1.54) is 4.31 Å². The minimum absolute atomic E-state index is 0.136. The second-order valence-corrected chi connectivity index (χ2v) is 8.11. The number of rotatable bonds is 7. The van der Waals surface area contributed by atoms with Crippen molar-refractivity contribution in [1.82, 2.24) is 9.03 Å². The number of nitrogens with zero attached hydrogens (tertiary/aromatic N) is 1. The summed E-state index contributed by atoms with van der Waals surface area (Å²) >= 11 is 0. The van der Waals surface area contributed by atoms with Gasteiger partial charge in [-0.15, -0.1) is 0 Å². The van der Waals surface area contributed by atoms with Gasteiger partial charge >= 0.3 is 6.18 Å². The fourth-order valence-electron chi connectivity index (χ4n) is 2.67. The van der Waals surface area contributed by atoms with Gasteiger partial charge in [0.25, 0.3) is 10.2 Å². The maximum atomic E-state index is 12.3. The molecule has 1 aliphatic rings. The summed E-state index contributed by atoms with van der Waals surface area (Å²) in [5, 5.41) is 0. The Labute approximate surface area is 146 Å².